The smallest absolute Gasteiger partial charge is 0.248 e. The lowest BCUT2D eigenvalue weighted by Gasteiger charge is -2.33. The van der Waals surface area contributed by atoms with E-state index in [4.69, 9.17) is 9.26 Å². The van der Waals surface area contributed by atoms with Gasteiger partial charge in [-0.15, -0.1) is 0 Å². The third-order valence-electron chi connectivity index (χ3n) is 6.71. The third kappa shape index (κ3) is 5.78. The fourth-order valence-corrected chi connectivity index (χ4v) is 6.29. The number of hydrogen-bond donors (Lipinski definition) is 0. The van der Waals surface area contributed by atoms with Crippen LogP contribution >= 0.6 is 0 Å². The van der Waals surface area contributed by atoms with Crippen molar-refractivity contribution in [1.82, 2.24) is 9.46 Å². The van der Waals surface area contributed by atoms with Crippen LogP contribution in [0.1, 0.15) is 42.3 Å². The maximum Gasteiger partial charge on any atom is 0.248 e. The zero-order chi connectivity index (χ0) is 26.6. The molecule has 0 unspecified atom stereocenters. The normalized spacial score (nSPS) is 15.2. The number of carbonyl (C=O) groups excluding carboxylic acids is 1. The first-order valence-corrected chi connectivity index (χ1v) is 13.8. The Kier molecular flexibility index (Phi) is 8.14. The van der Waals surface area contributed by atoms with Crippen molar-refractivity contribution in [2.75, 3.05) is 31.6 Å². The number of sulfonamides is 1. The van der Waals surface area contributed by atoms with E-state index in [-0.39, 0.29) is 35.6 Å². The number of nitrogens with zero attached hydrogens (tertiary/aromatic N) is 3. The Morgan fingerprint density at radius 2 is 1.73 bits per heavy atom. The number of aromatic nitrogens is 1. The molecule has 1 aromatic heterocycles. The van der Waals surface area contributed by atoms with Crippen LogP contribution in [0.25, 0.3) is 12.2 Å². The number of ether oxygens (including phenoxy) is 1. The van der Waals surface area contributed by atoms with Crippen LogP contribution in [0.5, 0.6) is 5.75 Å². The highest BCUT2D eigenvalue weighted by Gasteiger charge is 2.37. The van der Waals surface area contributed by atoms with E-state index >= 15 is 0 Å². The molecule has 0 spiro atoms. The molecular formula is C28H33N3O5S. The van der Waals surface area contributed by atoms with E-state index in [0.29, 0.717) is 25.1 Å². The molecule has 4 rings (SSSR count). The predicted octanol–water partition coefficient (Wildman–Crippen LogP) is 4.92. The van der Waals surface area contributed by atoms with Crippen molar-refractivity contribution in [2.24, 2.45) is 5.92 Å². The summed E-state index contributed by atoms with van der Waals surface area (Å²) in [4.78, 5) is 15.1. The number of methoxy groups -OCH3 is 1. The van der Waals surface area contributed by atoms with Crippen LogP contribution < -0.4 is 9.64 Å². The quantitative estimate of drug-likeness (QED) is 0.416. The summed E-state index contributed by atoms with van der Waals surface area (Å²) in [6, 6.07) is 15.3. The zero-order valence-electron chi connectivity index (χ0n) is 21.7. The monoisotopic (exact) mass is 523 g/mol. The Morgan fingerprint density at radius 3 is 2.32 bits per heavy atom. The lowest BCUT2D eigenvalue weighted by molar-refractivity contribution is -0.123. The molecule has 8 nitrogen and oxygen atoms in total. The van der Waals surface area contributed by atoms with E-state index in [1.165, 1.54) is 4.31 Å². The molecule has 1 aliphatic rings. The summed E-state index contributed by atoms with van der Waals surface area (Å²) in [5.74, 6) is 0.682. The molecule has 1 saturated heterocycles. The molecule has 2 aromatic carbocycles. The molecular weight excluding hydrogens is 490 g/mol. The number of piperidine rings is 1. The van der Waals surface area contributed by atoms with Gasteiger partial charge in [-0.25, -0.2) is 8.42 Å². The van der Waals surface area contributed by atoms with Crippen molar-refractivity contribution in [3.05, 3.63) is 71.1 Å². The molecule has 0 N–H and O–H groups in total. The summed E-state index contributed by atoms with van der Waals surface area (Å²) < 4.78 is 39.2. The Balaban J connectivity index is 1.46. The second-order valence-electron chi connectivity index (χ2n) is 9.16. The van der Waals surface area contributed by atoms with Crippen molar-refractivity contribution < 1.29 is 22.5 Å². The fourth-order valence-electron chi connectivity index (χ4n) is 4.57. The topological polar surface area (TPSA) is 93.0 Å². The highest BCUT2D eigenvalue weighted by molar-refractivity contribution is 7.89. The van der Waals surface area contributed by atoms with Gasteiger partial charge >= 0.3 is 0 Å². The highest BCUT2D eigenvalue weighted by Crippen LogP contribution is 2.31. The number of carbonyl (C=O) groups is 1. The van der Waals surface area contributed by atoms with Gasteiger partial charge in [0.25, 0.3) is 0 Å². The van der Waals surface area contributed by atoms with Gasteiger partial charge in [0.1, 0.15) is 11.4 Å². The van der Waals surface area contributed by atoms with Crippen molar-refractivity contribution in [1.29, 1.82) is 0 Å². The number of rotatable bonds is 8. The highest BCUT2D eigenvalue weighted by atomic mass is 32.2. The number of amides is 1. The van der Waals surface area contributed by atoms with Gasteiger partial charge in [-0.2, -0.15) is 4.31 Å². The molecule has 1 aliphatic heterocycles. The Bertz CT molecular complexity index is 1350. The van der Waals surface area contributed by atoms with Crippen molar-refractivity contribution in [3.63, 3.8) is 0 Å². The SMILES string of the molecule is CCN(C(=O)C1CCN(S(=O)(=O)c2c(C)noc2C=Cc2ccc(C)cc2)CC1)c1ccc(OC)cc1. The molecule has 2 heterocycles. The molecule has 0 aliphatic carbocycles. The van der Waals surface area contributed by atoms with Crippen LogP contribution in [0.15, 0.2) is 57.9 Å². The fraction of sp³-hybridized carbons (Fsp3) is 0.357. The second-order valence-corrected chi connectivity index (χ2v) is 11.0. The Labute approximate surface area is 218 Å². The van der Waals surface area contributed by atoms with Crippen molar-refractivity contribution in [2.45, 2.75) is 38.5 Å². The van der Waals surface area contributed by atoms with Crippen LogP contribution in [0, 0.1) is 19.8 Å². The number of anilines is 1. The molecule has 0 bridgehead atoms. The van der Waals surface area contributed by atoms with E-state index in [0.717, 1.165) is 22.6 Å². The molecule has 0 radical (unpaired) electrons. The number of hydrogen-bond acceptors (Lipinski definition) is 6. The lowest BCUT2D eigenvalue weighted by atomic mass is 9.96. The Morgan fingerprint density at radius 1 is 1.08 bits per heavy atom. The minimum absolute atomic E-state index is 0.00703. The summed E-state index contributed by atoms with van der Waals surface area (Å²) in [5.41, 5.74) is 3.19. The predicted molar refractivity (Wildman–Crippen MR) is 144 cm³/mol. The average molecular weight is 524 g/mol. The summed E-state index contributed by atoms with van der Waals surface area (Å²) in [7, 11) is -2.24. The minimum atomic E-state index is -3.84. The summed E-state index contributed by atoms with van der Waals surface area (Å²) in [6.45, 7) is 6.61. The van der Waals surface area contributed by atoms with Gasteiger partial charge in [0, 0.05) is 31.2 Å². The maximum absolute atomic E-state index is 13.6. The van der Waals surface area contributed by atoms with E-state index in [2.05, 4.69) is 5.16 Å². The largest absolute Gasteiger partial charge is 0.497 e. The number of benzene rings is 2. The standard InChI is InChI=1S/C28H33N3O5S/c1-5-31(24-11-13-25(35-4)14-12-24)28(32)23-16-18-30(19-17-23)37(33,34)27-21(3)29-36-26(27)15-10-22-8-6-20(2)7-9-22/h6-15,23H,5,16-19H2,1-4H3. The molecule has 37 heavy (non-hydrogen) atoms. The van der Waals surface area contributed by atoms with Crippen LogP contribution in [-0.2, 0) is 14.8 Å². The van der Waals surface area contributed by atoms with Crippen molar-refractivity contribution in [3.8, 4) is 5.75 Å². The zero-order valence-corrected chi connectivity index (χ0v) is 22.5. The first-order chi connectivity index (χ1) is 17.7. The van der Waals surface area contributed by atoms with Gasteiger partial charge in [0.15, 0.2) is 10.7 Å². The minimum Gasteiger partial charge on any atom is -0.497 e. The molecule has 0 atom stereocenters. The van der Waals surface area contributed by atoms with Gasteiger partial charge in [-0.3, -0.25) is 4.79 Å². The lowest BCUT2D eigenvalue weighted by Crippen LogP contribution is -2.44. The van der Waals surface area contributed by atoms with Crippen LogP contribution in [0.2, 0.25) is 0 Å². The third-order valence-corrected chi connectivity index (χ3v) is 8.76. The van der Waals surface area contributed by atoms with Gasteiger partial charge in [-0.1, -0.05) is 41.1 Å². The summed E-state index contributed by atoms with van der Waals surface area (Å²) >= 11 is 0. The molecule has 196 valence electrons. The molecule has 9 heteroatoms. The van der Waals surface area contributed by atoms with E-state index < -0.39 is 10.0 Å². The van der Waals surface area contributed by atoms with Gasteiger partial charge in [0.2, 0.25) is 15.9 Å². The summed E-state index contributed by atoms with van der Waals surface area (Å²) in [5, 5.41) is 3.93. The van der Waals surface area contributed by atoms with Gasteiger partial charge in [0.05, 0.1) is 7.11 Å². The van der Waals surface area contributed by atoms with Gasteiger partial charge < -0.3 is 14.2 Å². The van der Waals surface area contributed by atoms with Crippen LogP contribution in [0.4, 0.5) is 5.69 Å². The van der Waals surface area contributed by atoms with Crippen LogP contribution in [-0.4, -0.2) is 50.5 Å². The van der Waals surface area contributed by atoms with Crippen LogP contribution in [0.3, 0.4) is 0 Å². The summed E-state index contributed by atoms with van der Waals surface area (Å²) in [6.07, 6.45) is 4.34. The molecule has 3 aromatic rings. The molecule has 0 saturated carbocycles. The first-order valence-electron chi connectivity index (χ1n) is 12.4. The van der Waals surface area contributed by atoms with E-state index in [1.807, 2.05) is 68.5 Å². The second kappa shape index (κ2) is 11.3. The molecule has 1 fully saturated rings. The number of aryl methyl sites for hydroxylation is 2. The van der Waals surface area contributed by atoms with Gasteiger partial charge in [-0.05, 0) is 69.5 Å². The maximum atomic E-state index is 13.6. The van der Waals surface area contributed by atoms with E-state index in [1.54, 1.807) is 25.0 Å². The van der Waals surface area contributed by atoms with Crippen molar-refractivity contribution >= 4 is 33.8 Å². The first kappa shape index (κ1) is 26.6. The van der Waals surface area contributed by atoms with E-state index in [9.17, 15) is 13.2 Å². The Hall–Kier alpha value is -3.43. The average Bonchev–Trinajstić information content (AvgIpc) is 3.30. The molecule has 1 amide bonds.